The van der Waals surface area contributed by atoms with Crippen molar-refractivity contribution >= 4 is 39.1 Å². The van der Waals surface area contributed by atoms with Crippen LogP contribution in [0.1, 0.15) is 6.42 Å². The summed E-state index contributed by atoms with van der Waals surface area (Å²) in [7, 11) is 1.48. The number of imide groups is 1. The van der Waals surface area contributed by atoms with E-state index in [0.717, 1.165) is 9.37 Å². The molecule has 2 amide bonds. The number of amides is 2. The molecule has 1 saturated heterocycles. The number of nitrogen functional groups attached to an aromatic ring is 1. The first-order chi connectivity index (χ1) is 7.99. The predicted octanol–water partition coefficient (Wildman–Crippen LogP) is 1.20. The Labute approximate surface area is 107 Å². The summed E-state index contributed by atoms with van der Waals surface area (Å²) in [6.45, 7) is 0. The second kappa shape index (κ2) is 4.37. The Bertz CT molecular complexity index is 490. The average Bonchev–Trinajstić information content (AvgIpc) is 2.50. The topological polar surface area (TPSA) is 75.4 Å². The molecule has 1 unspecified atom stereocenters. The van der Waals surface area contributed by atoms with E-state index >= 15 is 0 Å². The molecule has 0 aliphatic carbocycles. The number of carbonyl (C=O) groups excluding carboxylic acids is 2. The highest BCUT2D eigenvalue weighted by Crippen LogP contribution is 2.25. The molecule has 0 spiro atoms. The monoisotopic (exact) mass is 297 g/mol. The van der Waals surface area contributed by atoms with Crippen molar-refractivity contribution < 1.29 is 9.59 Å². The number of anilines is 2. The first-order valence-corrected chi connectivity index (χ1v) is 5.90. The fourth-order valence-electron chi connectivity index (χ4n) is 1.72. The number of carbonyl (C=O) groups is 2. The third kappa shape index (κ3) is 2.26. The van der Waals surface area contributed by atoms with Gasteiger partial charge in [0.05, 0.1) is 17.8 Å². The number of halogens is 1. The lowest BCUT2D eigenvalue weighted by Crippen LogP contribution is -2.31. The number of likely N-dealkylation sites (tertiary alicyclic amines) is 1. The smallest absolute Gasteiger partial charge is 0.251 e. The zero-order valence-corrected chi connectivity index (χ0v) is 10.8. The second-order valence-corrected chi connectivity index (χ2v) is 4.84. The summed E-state index contributed by atoms with van der Waals surface area (Å²) in [5, 5.41) is 2.99. The molecule has 2 rings (SSSR count). The Morgan fingerprint density at radius 3 is 2.71 bits per heavy atom. The third-order valence-corrected chi connectivity index (χ3v) is 3.22. The maximum absolute atomic E-state index is 11.7. The fraction of sp³-hybridized carbons (Fsp3) is 0.273. The van der Waals surface area contributed by atoms with Crippen molar-refractivity contribution in [1.82, 2.24) is 4.90 Å². The summed E-state index contributed by atoms with van der Waals surface area (Å²) in [4.78, 5) is 24.2. The summed E-state index contributed by atoms with van der Waals surface area (Å²) in [5.74, 6) is -0.402. The molecule has 1 heterocycles. The lowest BCUT2D eigenvalue weighted by Gasteiger charge is -2.14. The first kappa shape index (κ1) is 11.9. The normalized spacial score (nSPS) is 19.9. The van der Waals surface area contributed by atoms with Gasteiger partial charge in [0.2, 0.25) is 5.91 Å². The summed E-state index contributed by atoms with van der Waals surface area (Å²) in [5.41, 5.74) is 7.01. The van der Waals surface area contributed by atoms with Crippen LogP contribution in [0.5, 0.6) is 0 Å². The molecule has 0 aromatic heterocycles. The van der Waals surface area contributed by atoms with Crippen molar-refractivity contribution in [3.8, 4) is 0 Å². The van der Waals surface area contributed by atoms with E-state index in [1.807, 2.05) is 6.07 Å². The van der Waals surface area contributed by atoms with E-state index in [9.17, 15) is 9.59 Å². The number of benzene rings is 1. The Morgan fingerprint density at radius 2 is 2.18 bits per heavy atom. The number of likely N-dealkylation sites (N-methyl/N-ethyl adjacent to an activating group) is 1. The molecule has 1 aliphatic heterocycles. The average molecular weight is 298 g/mol. The molecule has 0 saturated carbocycles. The van der Waals surface area contributed by atoms with E-state index in [4.69, 9.17) is 5.73 Å². The molecule has 1 atom stereocenters. The number of nitrogens with two attached hydrogens (primary N) is 1. The van der Waals surface area contributed by atoms with E-state index in [1.54, 1.807) is 12.1 Å². The van der Waals surface area contributed by atoms with Crippen LogP contribution in [0.3, 0.4) is 0 Å². The van der Waals surface area contributed by atoms with Crippen LogP contribution in [0.25, 0.3) is 0 Å². The zero-order chi connectivity index (χ0) is 12.6. The van der Waals surface area contributed by atoms with Gasteiger partial charge < -0.3 is 11.1 Å². The van der Waals surface area contributed by atoms with Gasteiger partial charge in [0.1, 0.15) is 6.04 Å². The fourth-order valence-corrected chi connectivity index (χ4v) is 2.10. The van der Waals surface area contributed by atoms with Gasteiger partial charge in [-0.15, -0.1) is 0 Å². The lowest BCUT2D eigenvalue weighted by molar-refractivity contribution is -0.136. The molecule has 1 aromatic carbocycles. The van der Waals surface area contributed by atoms with E-state index in [-0.39, 0.29) is 18.2 Å². The zero-order valence-electron chi connectivity index (χ0n) is 9.24. The number of rotatable bonds is 2. The highest BCUT2D eigenvalue weighted by molar-refractivity contribution is 9.10. The predicted molar refractivity (Wildman–Crippen MR) is 68.4 cm³/mol. The number of hydrogen-bond acceptors (Lipinski definition) is 4. The van der Waals surface area contributed by atoms with Gasteiger partial charge in [0, 0.05) is 11.5 Å². The van der Waals surface area contributed by atoms with E-state index < -0.39 is 6.04 Å². The minimum absolute atomic E-state index is 0.171. The van der Waals surface area contributed by atoms with E-state index in [2.05, 4.69) is 21.2 Å². The molecule has 1 aliphatic rings. The van der Waals surface area contributed by atoms with Gasteiger partial charge in [-0.05, 0) is 18.2 Å². The maximum Gasteiger partial charge on any atom is 0.251 e. The highest BCUT2D eigenvalue weighted by Gasteiger charge is 2.36. The molecule has 5 nitrogen and oxygen atoms in total. The van der Waals surface area contributed by atoms with E-state index in [0.29, 0.717) is 11.4 Å². The number of nitrogens with one attached hydrogen (secondary N) is 1. The van der Waals surface area contributed by atoms with Crippen LogP contribution in [-0.2, 0) is 9.59 Å². The summed E-state index contributed by atoms with van der Waals surface area (Å²) >= 11 is 3.30. The van der Waals surface area contributed by atoms with Crippen molar-refractivity contribution in [1.29, 1.82) is 0 Å². The van der Waals surface area contributed by atoms with Crippen LogP contribution >= 0.6 is 15.9 Å². The summed E-state index contributed by atoms with van der Waals surface area (Å²) in [6, 6.07) is 4.82. The molecule has 1 fully saturated rings. The Morgan fingerprint density at radius 1 is 1.47 bits per heavy atom. The third-order valence-electron chi connectivity index (χ3n) is 2.72. The Balaban J connectivity index is 2.17. The van der Waals surface area contributed by atoms with Crippen LogP contribution in [-0.4, -0.2) is 29.8 Å². The summed E-state index contributed by atoms with van der Waals surface area (Å²) in [6.07, 6.45) is 0.171. The maximum atomic E-state index is 11.7. The molecule has 0 bridgehead atoms. The van der Waals surface area contributed by atoms with Gasteiger partial charge in [-0.1, -0.05) is 15.9 Å². The van der Waals surface area contributed by atoms with Crippen molar-refractivity contribution in [3.05, 3.63) is 22.7 Å². The standard InChI is InChI=1S/C11H12BrN3O2/c1-15-10(16)5-9(11(15)17)14-8-3-2-6(12)4-7(8)13/h2-4,9,14H,5,13H2,1H3. The summed E-state index contributed by atoms with van der Waals surface area (Å²) < 4.78 is 0.867. The largest absolute Gasteiger partial charge is 0.397 e. The van der Waals surface area contributed by atoms with Gasteiger partial charge in [-0.3, -0.25) is 14.5 Å². The van der Waals surface area contributed by atoms with Gasteiger partial charge >= 0.3 is 0 Å². The molecule has 1 aromatic rings. The number of hydrogen-bond donors (Lipinski definition) is 2. The lowest BCUT2D eigenvalue weighted by atomic mass is 10.2. The molecule has 6 heteroatoms. The van der Waals surface area contributed by atoms with Gasteiger partial charge in [0.25, 0.3) is 5.91 Å². The van der Waals surface area contributed by atoms with Gasteiger partial charge in [0.15, 0.2) is 0 Å². The number of nitrogens with zero attached hydrogens (tertiary/aromatic N) is 1. The molecular formula is C11H12BrN3O2. The second-order valence-electron chi connectivity index (χ2n) is 3.92. The highest BCUT2D eigenvalue weighted by atomic mass is 79.9. The quantitative estimate of drug-likeness (QED) is 0.635. The SMILES string of the molecule is CN1C(=O)CC(Nc2ccc(Br)cc2N)C1=O. The molecule has 90 valence electrons. The van der Waals surface area contributed by atoms with Crippen LogP contribution in [0.2, 0.25) is 0 Å². The molecule has 3 N–H and O–H groups in total. The van der Waals surface area contributed by atoms with Crippen LogP contribution in [0.15, 0.2) is 22.7 Å². The molecule has 0 radical (unpaired) electrons. The van der Waals surface area contributed by atoms with Gasteiger partial charge in [-0.2, -0.15) is 0 Å². The van der Waals surface area contributed by atoms with E-state index in [1.165, 1.54) is 7.05 Å². The first-order valence-electron chi connectivity index (χ1n) is 5.11. The van der Waals surface area contributed by atoms with Crippen molar-refractivity contribution in [2.75, 3.05) is 18.1 Å². The van der Waals surface area contributed by atoms with Crippen LogP contribution in [0, 0.1) is 0 Å². The van der Waals surface area contributed by atoms with Crippen molar-refractivity contribution in [3.63, 3.8) is 0 Å². The van der Waals surface area contributed by atoms with Crippen molar-refractivity contribution in [2.45, 2.75) is 12.5 Å². The van der Waals surface area contributed by atoms with Gasteiger partial charge in [-0.25, -0.2) is 0 Å². The Hall–Kier alpha value is -1.56. The van der Waals surface area contributed by atoms with Crippen molar-refractivity contribution in [2.24, 2.45) is 0 Å². The minimum atomic E-state index is -0.518. The van der Waals surface area contributed by atoms with Crippen LogP contribution in [0.4, 0.5) is 11.4 Å². The Kier molecular flexibility index (Phi) is 3.06. The minimum Gasteiger partial charge on any atom is -0.397 e. The van der Waals surface area contributed by atoms with Crippen LogP contribution < -0.4 is 11.1 Å². The molecular weight excluding hydrogens is 286 g/mol. The molecule has 17 heavy (non-hydrogen) atoms.